The average molecular weight is 152 g/mol. The highest BCUT2D eigenvalue weighted by Gasteiger charge is 1.97. The first-order valence-corrected chi connectivity index (χ1v) is 3.04. The Balaban J connectivity index is 3.98. The van der Waals surface area contributed by atoms with Crippen molar-refractivity contribution in [3.8, 4) is 6.07 Å². The first-order valence-electron chi connectivity index (χ1n) is 3.04. The number of nitriles is 1. The van der Waals surface area contributed by atoms with Crippen LogP contribution in [0.5, 0.6) is 0 Å². The molecule has 0 fully saturated rings. The van der Waals surface area contributed by atoms with Gasteiger partial charge in [0.15, 0.2) is 0 Å². The maximum Gasteiger partial charge on any atom is 0.234 e. The Morgan fingerprint density at radius 2 is 2.36 bits per heavy atom. The monoisotopic (exact) mass is 152 g/mol. The zero-order valence-corrected chi connectivity index (χ0v) is 6.16. The zero-order chi connectivity index (χ0) is 8.69. The van der Waals surface area contributed by atoms with Crippen LogP contribution >= 0.6 is 0 Å². The van der Waals surface area contributed by atoms with Crippen molar-refractivity contribution < 1.29 is 9.90 Å². The predicted octanol–water partition coefficient (Wildman–Crippen LogP) is 1.07. The van der Waals surface area contributed by atoms with E-state index in [1.807, 2.05) is 0 Å². The number of nitrogens with zero attached hydrogens (tertiary/aromatic N) is 2. The molecule has 0 aliphatic rings. The summed E-state index contributed by atoms with van der Waals surface area (Å²) in [5.74, 6) is -0.0218. The van der Waals surface area contributed by atoms with E-state index in [1.165, 1.54) is 13.0 Å². The van der Waals surface area contributed by atoms with E-state index >= 15 is 0 Å². The molecule has 0 aliphatic heterocycles. The van der Waals surface area contributed by atoms with Gasteiger partial charge in [-0.2, -0.15) is 5.26 Å². The molecule has 0 atom stereocenters. The highest BCUT2D eigenvalue weighted by Crippen LogP contribution is 2.02. The van der Waals surface area contributed by atoms with Crippen LogP contribution in [-0.4, -0.2) is 17.7 Å². The molecule has 0 amide bonds. The first-order chi connectivity index (χ1) is 5.22. The molecule has 4 nitrogen and oxygen atoms in total. The van der Waals surface area contributed by atoms with Gasteiger partial charge in [0.2, 0.25) is 6.08 Å². The van der Waals surface area contributed by atoms with Gasteiger partial charge in [-0.05, 0) is 6.92 Å². The second-order valence-corrected chi connectivity index (χ2v) is 1.91. The Hall–Kier alpha value is -1.59. The molecule has 0 heterocycles. The minimum atomic E-state index is -0.0218. The van der Waals surface area contributed by atoms with Gasteiger partial charge >= 0.3 is 0 Å². The predicted molar refractivity (Wildman–Crippen MR) is 38.5 cm³/mol. The number of aliphatic imine (C=N–C) groups is 1. The highest BCUT2D eigenvalue weighted by atomic mass is 16.3. The maximum atomic E-state index is 9.57. The fourth-order valence-corrected chi connectivity index (χ4v) is 0.459. The summed E-state index contributed by atoms with van der Waals surface area (Å²) in [6, 6.07) is 1.78. The van der Waals surface area contributed by atoms with Crippen LogP contribution in [0.25, 0.3) is 0 Å². The Morgan fingerprint density at radius 1 is 1.73 bits per heavy atom. The van der Waals surface area contributed by atoms with Crippen molar-refractivity contribution >= 4 is 6.08 Å². The summed E-state index contributed by atoms with van der Waals surface area (Å²) in [6.45, 7) is 1.67. The van der Waals surface area contributed by atoms with Crippen molar-refractivity contribution in [3.63, 3.8) is 0 Å². The lowest BCUT2D eigenvalue weighted by Crippen LogP contribution is -1.89. The fourth-order valence-electron chi connectivity index (χ4n) is 0.459. The third-order valence-corrected chi connectivity index (χ3v) is 1.13. The van der Waals surface area contributed by atoms with Crippen molar-refractivity contribution in [3.05, 3.63) is 11.3 Å². The van der Waals surface area contributed by atoms with E-state index < -0.39 is 0 Å². The van der Waals surface area contributed by atoms with E-state index in [9.17, 15) is 4.79 Å². The lowest BCUT2D eigenvalue weighted by atomic mass is 10.2. The molecule has 0 aromatic heterocycles. The molecular weight excluding hydrogens is 144 g/mol. The Bertz CT molecular complexity index is 244. The minimum Gasteiger partial charge on any atom is -0.511 e. The van der Waals surface area contributed by atoms with Gasteiger partial charge in [0.1, 0.15) is 5.76 Å². The summed E-state index contributed by atoms with van der Waals surface area (Å²) < 4.78 is 0. The van der Waals surface area contributed by atoms with Gasteiger partial charge in [0.05, 0.1) is 18.2 Å². The number of rotatable bonds is 3. The lowest BCUT2D eigenvalue weighted by Gasteiger charge is -1.94. The molecule has 0 rings (SSSR count). The summed E-state index contributed by atoms with van der Waals surface area (Å²) in [7, 11) is 0. The van der Waals surface area contributed by atoms with Crippen molar-refractivity contribution in [2.24, 2.45) is 4.99 Å². The van der Waals surface area contributed by atoms with Crippen LogP contribution < -0.4 is 0 Å². The van der Waals surface area contributed by atoms with E-state index in [4.69, 9.17) is 10.4 Å². The lowest BCUT2D eigenvalue weighted by molar-refractivity contribution is 0.386. The van der Waals surface area contributed by atoms with Crippen molar-refractivity contribution in [1.82, 2.24) is 0 Å². The van der Waals surface area contributed by atoms with Crippen LogP contribution in [0.3, 0.4) is 0 Å². The smallest absolute Gasteiger partial charge is 0.234 e. The average Bonchev–Trinajstić information content (AvgIpc) is 2.03. The number of hydrogen-bond donors (Lipinski definition) is 1. The molecule has 0 saturated heterocycles. The third kappa shape index (κ3) is 3.90. The zero-order valence-electron chi connectivity index (χ0n) is 6.16. The SMILES string of the molecule is C/C(C#N)=C(/O)CCN=C=O. The molecule has 4 heteroatoms. The summed E-state index contributed by atoms with van der Waals surface area (Å²) in [6.07, 6.45) is 1.56. The van der Waals surface area contributed by atoms with Crippen LogP contribution in [0.15, 0.2) is 16.3 Å². The normalized spacial score (nSPS) is 10.9. The van der Waals surface area contributed by atoms with Crippen molar-refractivity contribution in [1.29, 1.82) is 5.26 Å². The number of aliphatic hydroxyl groups excluding tert-OH is 1. The van der Waals surface area contributed by atoms with Gasteiger partial charge in [0, 0.05) is 6.42 Å². The molecule has 0 aromatic rings. The molecule has 1 N–H and O–H groups in total. The number of hydrogen-bond acceptors (Lipinski definition) is 4. The van der Waals surface area contributed by atoms with E-state index in [2.05, 4.69) is 4.99 Å². The van der Waals surface area contributed by atoms with Gasteiger partial charge in [-0.25, -0.2) is 9.79 Å². The van der Waals surface area contributed by atoms with Gasteiger partial charge < -0.3 is 5.11 Å². The summed E-state index contributed by atoms with van der Waals surface area (Å²) in [5.41, 5.74) is 0.256. The van der Waals surface area contributed by atoms with E-state index in [-0.39, 0.29) is 24.3 Å². The minimum absolute atomic E-state index is 0.0218. The quantitative estimate of drug-likeness (QED) is 0.284. The largest absolute Gasteiger partial charge is 0.511 e. The number of carbonyl (C=O) groups excluding carboxylic acids is 1. The van der Waals surface area contributed by atoms with Gasteiger partial charge in [-0.3, -0.25) is 0 Å². The van der Waals surface area contributed by atoms with Crippen molar-refractivity contribution in [2.75, 3.05) is 6.54 Å². The fraction of sp³-hybridized carbons (Fsp3) is 0.429. The molecule has 11 heavy (non-hydrogen) atoms. The molecule has 0 bridgehead atoms. The number of allylic oxidation sites excluding steroid dienone is 1. The third-order valence-electron chi connectivity index (χ3n) is 1.13. The Morgan fingerprint density at radius 3 is 2.82 bits per heavy atom. The van der Waals surface area contributed by atoms with E-state index in [0.29, 0.717) is 0 Å². The van der Waals surface area contributed by atoms with Gasteiger partial charge in [0.25, 0.3) is 0 Å². The van der Waals surface area contributed by atoms with Crippen LogP contribution in [0.4, 0.5) is 0 Å². The van der Waals surface area contributed by atoms with E-state index in [0.717, 1.165) is 0 Å². The number of isocyanates is 1. The number of aliphatic hydroxyl groups is 1. The van der Waals surface area contributed by atoms with Crippen molar-refractivity contribution in [2.45, 2.75) is 13.3 Å². The molecule has 0 unspecified atom stereocenters. The molecule has 0 aliphatic carbocycles. The molecule has 0 saturated carbocycles. The molecule has 0 aromatic carbocycles. The van der Waals surface area contributed by atoms with Crippen LogP contribution in [-0.2, 0) is 4.79 Å². The maximum absolute atomic E-state index is 9.57. The molecule has 0 spiro atoms. The molecular formula is C7H8N2O2. The summed E-state index contributed by atoms with van der Waals surface area (Å²) in [4.78, 5) is 12.8. The second kappa shape index (κ2) is 5.21. The molecule has 0 radical (unpaired) electrons. The summed E-state index contributed by atoms with van der Waals surface area (Å²) >= 11 is 0. The van der Waals surface area contributed by atoms with Crippen LogP contribution in [0.2, 0.25) is 0 Å². The Labute approximate surface area is 64.5 Å². The Kier molecular flexibility index (Phi) is 4.46. The summed E-state index contributed by atoms with van der Waals surface area (Å²) in [5, 5.41) is 17.3. The molecule has 58 valence electrons. The standard InChI is InChI=1S/C7H8N2O2/c1-6(4-8)7(11)2-3-9-5-10/h11H,2-3H2,1H3/b7-6-. The highest BCUT2D eigenvalue weighted by molar-refractivity contribution is 5.33. The second-order valence-electron chi connectivity index (χ2n) is 1.91. The van der Waals surface area contributed by atoms with Crippen LogP contribution in [0, 0.1) is 11.3 Å². The van der Waals surface area contributed by atoms with Crippen LogP contribution in [0.1, 0.15) is 13.3 Å². The topological polar surface area (TPSA) is 73.4 Å². The van der Waals surface area contributed by atoms with Gasteiger partial charge in [-0.15, -0.1) is 0 Å². The first kappa shape index (κ1) is 9.41. The van der Waals surface area contributed by atoms with E-state index in [1.54, 1.807) is 6.07 Å². The van der Waals surface area contributed by atoms with Gasteiger partial charge in [-0.1, -0.05) is 0 Å².